The van der Waals surface area contributed by atoms with E-state index in [0.29, 0.717) is 10.6 Å². The second-order valence-corrected chi connectivity index (χ2v) is 5.41. The third-order valence-electron chi connectivity index (χ3n) is 3.73. The third-order valence-corrected chi connectivity index (χ3v) is 3.73. The van der Waals surface area contributed by atoms with E-state index >= 15 is 0 Å². The summed E-state index contributed by atoms with van der Waals surface area (Å²) in [6, 6.07) is 13.1. The van der Waals surface area contributed by atoms with E-state index in [1.54, 1.807) is 43.3 Å². The minimum atomic E-state index is -0.920. The van der Waals surface area contributed by atoms with Crippen molar-refractivity contribution < 1.29 is 24.0 Å². The first-order valence-corrected chi connectivity index (χ1v) is 7.51. The predicted octanol–water partition coefficient (Wildman–Crippen LogP) is 1.48. The Bertz CT molecular complexity index is 856. The van der Waals surface area contributed by atoms with Crippen molar-refractivity contribution in [2.24, 2.45) is 0 Å². The number of hydroxylamine groups is 2. The van der Waals surface area contributed by atoms with Gasteiger partial charge < -0.3 is 10.2 Å². The highest BCUT2D eigenvalue weighted by Gasteiger charge is 2.38. The van der Waals surface area contributed by atoms with Gasteiger partial charge in [0, 0.05) is 5.56 Å². The maximum Gasteiger partial charge on any atom is 0.352 e. The van der Waals surface area contributed by atoms with Gasteiger partial charge in [-0.3, -0.25) is 14.4 Å². The van der Waals surface area contributed by atoms with Crippen LogP contribution in [0.1, 0.15) is 36.6 Å². The Hall–Kier alpha value is -3.48. The average molecular weight is 338 g/mol. The Morgan fingerprint density at radius 1 is 0.960 bits per heavy atom. The van der Waals surface area contributed by atoms with Crippen LogP contribution >= 0.6 is 0 Å². The second kappa shape index (κ2) is 6.56. The van der Waals surface area contributed by atoms with Gasteiger partial charge >= 0.3 is 5.97 Å². The molecule has 0 atom stereocenters. The summed E-state index contributed by atoms with van der Waals surface area (Å²) < 4.78 is 0. The maximum absolute atomic E-state index is 12.1. The lowest BCUT2D eigenvalue weighted by Gasteiger charge is -2.13. The van der Waals surface area contributed by atoms with Crippen LogP contribution in [0.25, 0.3) is 0 Å². The molecule has 0 saturated carbocycles. The molecule has 0 aromatic heterocycles. The maximum atomic E-state index is 12.1. The Kier molecular flexibility index (Phi) is 4.30. The molecule has 25 heavy (non-hydrogen) atoms. The molecular formula is C18H14N2O5. The van der Waals surface area contributed by atoms with Crippen molar-refractivity contribution >= 4 is 23.7 Å². The molecule has 2 aromatic rings. The van der Waals surface area contributed by atoms with Gasteiger partial charge in [-0.05, 0) is 30.7 Å². The van der Waals surface area contributed by atoms with Crippen molar-refractivity contribution in [1.82, 2.24) is 10.4 Å². The number of nitrogens with zero attached hydrogens (tertiary/aromatic N) is 1. The minimum Gasteiger partial charge on any atom is -0.341 e. The molecule has 3 rings (SSSR count). The number of amides is 3. The average Bonchev–Trinajstić information content (AvgIpc) is 2.85. The van der Waals surface area contributed by atoms with E-state index in [9.17, 15) is 19.2 Å². The molecule has 1 N–H and O–H groups in total. The van der Waals surface area contributed by atoms with E-state index < -0.39 is 30.2 Å². The first kappa shape index (κ1) is 16.4. The number of imide groups is 1. The Balaban J connectivity index is 1.61. The normalized spacial score (nSPS) is 12.8. The largest absolute Gasteiger partial charge is 0.352 e. The van der Waals surface area contributed by atoms with Gasteiger partial charge in [0.15, 0.2) is 0 Å². The fourth-order valence-corrected chi connectivity index (χ4v) is 2.46. The van der Waals surface area contributed by atoms with E-state index in [1.165, 1.54) is 12.1 Å². The number of aryl methyl sites for hydroxylation is 1. The molecule has 0 aliphatic carbocycles. The predicted molar refractivity (Wildman–Crippen MR) is 86.5 cm³/mol. The molecule has 126 valence electrons. The summed E-state index contributed by atoms with van der Waals surface area (Å²) >= 11 is 0. The highest BCUT2D eigenvalue weighted by atomic mass is 16.7. The molecule has 3 amide bonds. The Morgan fingerprint density at radius 3 is 2.12 bits per heavy atom. The smallest absolute Gasteiger partial charge is 0.341 e. The van der Waals surface area contributed by atoms with Gasteiger partial charge in [-0.1, -0.05) is 35.4 Å². The van der Waals surface area contributed by atoms with Gasteiger partial charge in [0.05, 0.1) is 11.1 Å². The molecule has 0 fully saturated rings. The number of benzene rings is 2. The van der Waals surface area contributed by atoms with Crippen LogP contribution in [0, 0.1) is 6.92 Å². The second-order valence-electron chi connectivity index (χ2n) is 5.41. The third kappa shape index (κ3) is 3.12. The molecule has 0 saturated heterocycles. The standard InChI is InChI=1S/C18H14N2O5/c1-11-6-2-3-7-12(11)16(22)19-10-15(21)25-20-17(23)13-8-4-5-9-14(13)18(20)24/h2-9H,10H2,1H3,(H,19,22). The van der Waals surface area contributed by atoms with Crippen LogP contribution in [0.2, 0.25) is 0 Å². The summed E-state index contributed by atoms with van der Waals surface area (Å²) in [4.78, 5) is 52.9. The van der Waals surface area contributed by atoms with Gasteiger partial charge in [0.1, 0.15) is 6.54 Å². The van der Waals surface area contributed by atoms with Crippen LogP contribution < -0.4 is 5.32 Å². The lowest BCUT2D eigenvalue weighted by atomic mass is 10.1. The molecule has 1 aliphatic rings. The summed E-state index contributed by atoms with van der Waals surface area (Å²) in [6.07, 6.45) is 0. The van der Waals surface area contributed by atoms with Crippen molar-refractivity contribution in [3.8, 4) is 0 Å². The van der Waals surface area contributed by atoms with Gasteiger partial charge in [-0.25, -0.2) is 4.79 Å². The highest BCUT2D eigenvalue weighted by Crippen LogP contribution is 2.22. The van der Waals surface area contributed by atoms with Gasteiger partial charge in [-0.15, -0.1) is 0 Å². The van der Waals surface area contributed by atoms with Gasteiger partial charge in [0.25, 0.3) is 17.7 Å². The van der Waals surface area contributed by atoms with Crippen LogP contribution in [-0.2, 0) is 9.63 Å². The number of nitrogens with one attached hydrogen (secondary N) is 1. The molecule has 1 aliphatic heterocycles. The van der Waals surface area contributed by atoms with Crippen LogP contribution in [0.3, 0.4) is 0 Å². The quantitative estimate of drug-likeness (QED) is 0.853. The van der Waals surface area contributed by atoms with Crippen molar-refractivity contribution in [3.05, 3.63) is 70.8 Å². The van der Waals surface area contributed by atoms with Crippen LogP contribution in [0.4, 0.5) is 0 Å². The molecule has 2 aromatic carbocycles. The lowest BCUT2D eigenvalue weighted by Crippen LogP contribution is -2.38. The fraction of sp³-hybridized carbons (Fsp3) is 0.111. The molecule has 0 unspecified atom stereocenters. The van der Waals surface area contributed by atoms with Crippen molar-refractivity contribution in [2.75, 3.05) is 6.54 Å². The van der Waals surface area contributed by atoms with Crippen LogP contribution in [0.5, 0.6) is 0 Å². The zero-order valence-electron chi connectivity index (χ0n) is 13.3. The number of hydrogen-bond donors (Lipinski definition) is 1. The number of rotatable bonds is 4. The van der Waals surface area contributed by atoms with Gasteiger partial charge in [0.2, 0.25) is 0 Å². The highest BCUT2D eigenvalue weighted by molar-refractivity contribution is 6.20. The zero-order chi connectivity index (χ0) is 18.0. The van der Waals surface area contributed by atoms with Gasteiger partial charge in [-0.2, -0.15) is 0 Å². The van der Waals surface area contributed by atoms with E-state index in [4.69, 9.17) is 4.84 Å². The molecule has 0 bridgehead atoms. The molecule has 0 radical (unpaired) electrons. The monoisotopic (exact) mass is 338 g/mol. The summed E-state index contributed by atoms with van der Waals surface area (Å²) in [7, 11) is 0. The first-order valence-electron chi connectivity index (χ1n) is 7.51. The van der Waals surface area contributed by atoms with E-state index in [-0.39, 0.29) is 11.1 Å². The van der Waals surface area contributed by atoms with E-state index in [2.05, 4.69) is 5.32 Å². The molecule has 7 nitrogen and oxygen atoms in total. The number of carbonyl (C=O) groups is 4. The summed E-state index contributed by atoms with van der Waals surface area (Å²) in [5.74, 6) is -2.78. The fourth-order valence-electron chi connectivity index (χ4n) is 2.46. The molecular weight excluding hydrogens is 324 g/mol. The molecule has 7 heteroatoms. The number of fused-ring (bicyclic) bond motifs is 1. The summed E-state index contributed by atoms with van der Waals surface area (Å²) in [6.45, 7) is 1.30. The zero-order valence-corrected chi connectivity index (χ0v) is 13.3. The van der Waals surface area contributed by atoms with E-state index in [0.717, 1.165) is 5.56 Å². The van der Waals surface area contributed by atoms with Crippen molar-refractivity contribution in [3.63, 3.8) is 0 Å². The number of carbonyl (C=O) groups excluding carboxylic acids is 4. The number of hydrogen-bond acceptors (Lipinski definition) is 5. The van der Waals surface area contributed by atoms with Crippen molar-refractivity contribution in [1.29, 1.82) is 0 Å². The van der Waals surface area contributed by atoms with Crippen LogP contribution in [0.15, 0.2) is 48.5 Å². The van der Waals surface area contributed by atoms with Crippen molar-refractivity contribution in [2.45, 2.75) is 6.92 Å². The SMILES string of the molecule is Cc1ccccc1C(=O)NCC(=O)ON1C(=O)c2ccccc2C1=O. The summed E-state index contributed by atoms with van der Waals surface area (Å²) in [5, 5.41) is 2.81. The Labute approximate surface area is 143 Å². The van der Waals surface area contributed by atoms with E-state index in [1.807, 2.05) is 0 Å². The molecule has 1 heterocycles. The topological polar surface area (TPSA) is 92.8 Å². The van der Waals surface area contributed by atoms with Crippen LogP contribution in [-0.4, -0.2) is 35.3 Å². The minimum absolute atomic E-state index is 0.171. The first-order chi connectivity index (χ1) is 12.0. The Morgan fingerprint density at radius 2 is 1.52 bits per heavy atom. The summed E-state index contributed by atoms with van der Waals surface area (Å²) in [5.41, 5.74) is 1.53. The molecule has 0 spiro atoms. The lowest BCUT2D eigenvalue weighted by molar-refractivity contribution is -0.167.